The maximum Gasteiger partial charge on any atom is 0.306 e. The van der Waals surface area contributed by atoms with E-state index in [4.69, 9.17) is 27.9 Å². The van der Waals surface area contributed by atoms with Crippen molar-refractivity contribution in [1.82, 2.24) is 9.21 Å². The van der Waals surface area contributed by atoms with Gasteiger partial charge in [0.05, 0.1) is 12.5 Å². The first kappa shape index (κ1) is 34.0. The highest BCUT2D eigenvalue weighted by atomic mass is 35.5. The number of aliphatic carboxylic acids is 1. The monoisotopic (exact) mass is 664 g/mol. The van der Waals surface area contributed by atoms with Gasteiger partial charge in [-0.25, -0.2) is 8.60 Å². The number of halogens is 3. The van der Waals surface area contributed by atoms with Crippen LogP contribution in [0.2, 0.25) is 10.0 Å². The fourth-order valence-corrected chi connectivity index (χ4v) is 6.64. The molecule has 1 aliphatic heterocycles. The van der Waals surface area contributed by atoms with Gasteiger partial charge in [0.15, 0.2) is 0 Å². The van der Waals surface area contributed by atoms with E-state index in [9.17, 15) is 27.8 Å². The van der Waals surface area contributed by atoms with Crippen molar-refractivity contribution in [3.05, 3.63) is 105 Å². The van der Waals surface area contributed by atoms with Crippen molar-refractivity contribution in [2.75, 3.05) is 6.54 Å². The standard InChI is InChI=1S/C32H35Cl2FN2O6S/c1-19(2)27(18-36(44(41)42)20(3)15-22-7-4-5-10-26(22)35)37-30(21-11-13-24(33)14-12-21)31(23-8-6-9-25(34)16-23)43-28(32(37)40)17-29(38)39/h4-14,16,19-20,27-28,30-31H,15,17-18H2,1-3H3,(H,38,39)(H,41,42)/t20?,27-,28-,30-,31-/m1/s1. The Morgan fingerprint density at radius 3 is 2.30 bits per heavy atom. The first-order valence-corrected chi connectivity index (χ1v) is 16.0. The number of ether oxygens (including phenoxy) is 1. The van der Waals surface area contributed by atoms with Crippen molar-refractivity contribution in [2.24, 2.45) is 5.92 Å². The fraction of sp³-hybridized carbons (Fsp3) is 0.375. The zero-order valence-electron chi connectivity index (χ0n) is 24.5. The summed E-state index contributed by atoms with van der Waals surface area (Å²) in [6.07, 6.45) is -2.59. The Hall–Kier alpha value is -2.86. The van der Waals surface area contributed by atoms with Gasteiger partial charge in [0.1, 0.15) is 18.0 Å². The Morgan fingerprint density at radius 1 is 1.02 bits per heavy atom. The molecule has 4 rings (SSSR count). The molecule has 2 unspecified atom stereocenters. The van der Waals surface area contributed by atoms with E-state index in [2.05, 4.69) is 0 Å². The van der Waals surface area contributed by atoms with Crippen LogP contribution in [0.25, 0.3) is 0 Å². The number of nitrogens with zero attached hydrogens (tertiary/aromatic N) is 2. The summed E-state index contributed by atoms with van der Waals surface area (Å²) in [4.78, 5) is 27.7. The quantitative estimate of drug-likeness (QED) is 0.208. The van der Waals surface area contributed by atoms with Crippen molar-refractivity contribution in [3.63, 3.8) is 0 Å². The fourth-order valence-electron chi connectivity index (χ4n) is 5.65. The summed E-state index contributed by atoms with van der Waals surface area (Å²) >= 11 is 10.1. The molecular weight excluding hydrogens is 630 g/mol. The number of carboxylic acids is 1. The highest BCUT2D eigenvalue weighted by molar-refractivity contribution is 7.76. The third-order valence-corrected chi connectivity index (χ3v) is 9.23. The summed E-state index contributed by atoms with van der Waals surface area (Å²) in [6, 6.07) is 18.0. The zero-order chi connectivity index (χ0) is 32.1. The summed E-state index contributed by atoms with van der Waals surface area (Å²) in [5, 5.41) is 10.6. The number of rotatable bonds is 12. The summed E-state index contributed by atoms with van der Waals surface area (Å²) in [7, 11) is 0. The number of hydrogen-bond acceptors (Lipinski definition) is 4. The number of carbonyl (C=O) groups excluding carboxylic acids is 1. The van der Waals surface area contributed by atoms with Crippen LogP contribution in [0.1, 0.15) is 56.0 Å². The molecule has 12 heteroatoms. The van der Waals surface area contributed by atoms with E-state index in [1.165, 1.54) is 10.4 Å². The normalized spacial score (nSPS) is 21.0. The van der Waals surface area contributed by atoms with Gasteiger partial charge in [0.2, 0.25) is 11.3 Å². The van der Waals surface area contributed by atoms with E-state index in [-0.39, 0.29) is 18.9 Å². The smallest absolute Gasteiger partial charge is 0.306 e. The molecule has 1 fully saturated rings. The van der Waals surface area contributed by atoms with Gasteiger partial charge >= 0.3 is 5.97 Å². The summed E-state index contributed by atoms with van der Waals surface area (Å²) in [5.74, 6) is -2.45. The maximum atomic E-state index is 14.5. The lowest BCUT2D eigenvalue weighted by molar-refractivity contribution is -0.185. The van der Waals surface area contributed by atoms with Crippen LogP contribution < -0.4 is 0 Å². The van der Waals surface area contributed by atoms with Crippen LogP contribution in [0, 0.1) is 11.7 Å². The third kappa shape index (κ3) is 8.04. The Balaban J connectivity index is 1.82. The number of amides is 1. The molecule has 236 valence electrons. The SMILES string of the molecule is CC(C)[C@@H](CN(C(C)Cc1ccccc1F)S(=O)O)N1C(=O)[C@@H](CC(=O)O)O[C@H](c2cccc(Cl)c2)[C@H]1c1ccc(Cl)cc1. The van der Waals surface area contributed by atoms with Crippen LogP contribution in [0.15, 0.2) is 72.8 Å². The number of carboxylic acid groups (broad SMARTS) is 1. The van der Waals surface area contributed by atoms with E-state index in [1.54, 1.807) is 78.6 Å². The Morgan fingerprint density at radius 2 is 1.70 bits per heavy atom. The summed E-state index contributed by atoms with van der Waals surface area (Å²) in [6.45, 7) is 5.42. The van der Waals surface area contributed by atoms with Crippen LogP contribution in [-0.4, -0.2) is 59.7 Å². The molecule has 8 nitrogen and oxygen atoms in total. The predicted molar refractivity (Wildman–Crippen MR) is 168 cm³/mol. The number of benzene rings is 3. The van der Waals surface area contributed by atoms with E-state index in [0.29, 0.717) is 26.7 Å². The molecule has 1 aliphatic rings. The van der Waals surface area contributed by atoms with Crippen molar-refractivity contribution >= 4 is 46.3 Å². The van der Waals surface area contributed by atoms with Gasteiger partial charge in [-0.15, -0.1) is 0 Å². The van der Waals surface area contributed by atoms with E-state index in [1.807, 2.05) is 13.8 Å². The van der Waals surface area contributed by atoms with Crippen LogP contribution in [0.4, 0.5) is 4.39 Å². The number of hydrogen-bond donors (Lipinski definition) is 2. The van der Waals surface area contributed by atoms with Gasteiger partial charge in [-0.05, 0) is 66.3 Å². The Bertz CT molecular complexity index is 1490. The highest BCUT2D eigenvalue weighted by Gasteiger charge is 2.48. The largest absolute Gasteiger partial charge is 0.481 e. The minimum absolute atomic E-state index is 0.0612. The van der Waals surface area contributed by atoms with E-state index < -0.39 is 65.7 Å². The molecule has 0 spiro atoms. The van der Waals surface area contributed by atoms with Crippen LogP contribution in [-0.2, 0) is 32.0 Å². The number of carbonyl (C=O) groups is 2. The first-order valence-electron chi connectivity index (χ1n) is 14.2. The lowest BCUT2D eigenvalue weighted by Gasteiger charge is -2.50. The molecule has 44 heavy (non-hydrogen) atoms. The minimum Gasteiger partial charge on any atom is -0.481 e. The molecule has 0 bridgehead atoms. The maximum absolute atomic E-state index is 14.5. The molecule has 6 atom stereocenters. The molecule has 0 aromatic heterocycles. The molecular formula is C32H35Cl2FN2O6S. The summed E-state index contributed by atoms with van der Waals surface area (Å²) < 4.78 is 45.3. The second-order valence-electron chi connectivity index (χ2n) is 11.2. The molecule has 3 aromatic rings. The van der Waals surface area contributed by atoms with Crippen molar-refractivity contribution in [2.45, 2.75) is 63.9 Å². The predicted octanol–water partition coefficient (Wildman–Crippen LogP) is 6.71. The van der Waals surface area contributed by atoms with E-state index in [0.717, 1.165) is 0 Å². The highest BCUT2D eigenvalue weighted by Crippen LogP contribution is 2.45. The van der Waals surface area contributed by atoms with Crippen LogP contribution >= 0.6 is 23.2 Å². The van der Waals surface area contributed by atoms with Crippen LogP contribution in [0.3, 0.4) is 0 Å². The molecule has 2 N–H and O–H groups in total. The molecule has 0 aliphatic carbocycles. The third-order valence-electron chi connectivity index (χ3n) is 7.84. The van der Waals surface area contributed by atoms with Gasteiger partial charge < -0.3 is 14.7 Å². The van der Waals surface area contributed by atoms with Crippen molar-refractivity contribution in [1.29, 1.82) is 0 Å². The summed E-state index contributed by atoms with van der Waals surface area (Å²) in [5.41, 5.74) is 1.69. The Labute approximate surface area is 269 Å². The first-order chi connectivity index (χ1) is 20.9. The lowest BCUT2D eigenvalue weighted by atomic mass is 9.87. The van der Waals surface area contributed by atoms with Gasteiger partial charge in [0, 0.05) is 28.7 Å². The van der Waals surface area contributed by atoms with Gasteiger partial charge in [-0.2, -0.15) is 4.31 Å². The van der Waals surface area contributed by atoms with Crippen molar-refractivity contribution in [3.8, 4) is 0 Å². The number of morpholine rings is 1. The molecule has 3 aromatic carbocycles. The molecule has 0 saturated carbocycles. The second kappa shape index (κ2) is 14.9. The molecule has 1 amide bonds. The molecule has 0 radical (unpaired) electrons. The molecule has 1 heterocycles. The average molecular weight is 666 g/mol. The van der Waals surface area contributed by atoms with Gasteiger partial charge in [0.25, 0.3) is 5.91 Å². The molecule has 1 saturated heterocycles. The minimum atomic E-state index is -2.48. The van der Waals surface area contributed by atoms with Gasteiger partial charge in [-0.1, -0.05) is 79.5 Å². The van der Waals surface area contributed by atoms with E-state index >= 15 is 0 Å². The van der Waals surface area contributed by atoms with Crippen LogP contribution in [0.5, 0.6) is 0 Å². The topological polar surface area (TPSA) is 107 Å². The Kier molecular flexibility index (Phi) is 11.6. The zero-order valence-corrected chi connectivity index (χ0v) is 26.8. The second-order valence-corrected chi connectivity index (χ2v) is 13.0. The average Bonchev–Trinajstić information content (AvgIpc) is 2.96. The van der Waals surface area contributed by atoms with Crippen molar-refractivity contribution < 1.29 is 32.6 Å². The van der Waals surface area contributed by atoms with Gasteiger partial charge in [-0.3, -0.25) is 14.1 Å². The lowest BCUT2D eigenvalue weighted by Crippen LogP contribution is -2.59.